The largest absolute Gasteiger partial charge is 0.489 e. The first-order valence-corrected chi connectivity index (χ1v) is 20.7. The van der Waals surface area contributed by atoms with Crippen LogP contribution in [0, 0.1) is 12.8 Å². The van der Waals surface area contributed by atoms with Crippen molar-refractivity contribution in [3.63, 3.8) is 0 Å². The summed E-state index contributed by atoms with van der Waals surface area (Å²) in [6.45, 7) is 15.1. The maximum Gasteiger partial charge on any atom is 0.324 e. The van der Waals surface area contributed by atoms with Crippen LogP contribution in [-0.4, -0.2) is 57.9 Å². The first kappa shape index (κ1) is 36.3. The molecule has 1 saturated heterocycles. The molecule has 0 radical (unpaired) electrons. The van der Waals surface area contributed by atoms with E-state index in [0.29, 0.717) is 31.1 Å². The Morgan fingerprint density at radius 3 is 2.08 bits per heavy atom. The number of rotatable bonds is 11. The van der Waals surface area contributed by atoms with Gasteiger partial charge in [0.25, 0.3) is 8.32 Å². The second-order valence-corrected chi connectivity index (χ2v) is 21.6. The molecule has 5 rings (SSSR count). The summed E-state index contributed by atoms with van der Waals surface area (Å²) in [5, 5.41) is 2.47. The molecule has 7 nitrogen and oxygen atoms in total. The number of aryl methyl sites for hydroxylation is 1. The van der Waals surface area contributed by atoms with Crippen molar-refractivity contribution >= 4 is 34.7 Å². The summed E-state index contributed by atoms with van der Waals surface area (Å²) < 4.78 is 48.7. The third-order valence-corrected chi connectivity index (χ3v) is 16.6. The van der Waals surface area contributed by atoms with Gasteiger partial charge in [0.05, 0.1) is 6.10 Å². The van der Waals surface area contributed by atoms with Crippen LogP contribution in [0.1, 0.15) is 85.6 Å². The van der Waals surface area contributed by atoms with Crippen LogP contribution in [0.5, 0.6) is 5.75 Å². The zero-order valence-electron chi connectivity index (χ0n) is 29.7. The fourth-order valence-electron chi connectivity index (χ4n) is 7.40. The number of nitrogens with zero attached hydrogens (tertiary/aromatic N) is 1. The highest BCUT2D eigenvalue weighted by Gasteiger charge is 2.50. The van der Waals surface area contributed by atoms with Gasteiger partial charge < -0.3 is 13.9 Å². The number of hydrogen-bond acceptors (Lipinski definition) is 6. The number of carbonyl (C=O) groups is 1. The van der Waals surface area contributed by atoms with Gasteiger partial charge in [0, 0.05) is 13.2 Å². The predicted molar refractivity (Wildman–Crippen MR) is 194 cm³/mol. The van der Waals surface area contributed by atoms with Gasteiger partial charge in [-0.25, -0.2) is 8.42 Å². The quantitative estimate of drug-likeness (QED) is 0.159. The summed E-state index contributed by atoms with van der Waals surface area (Å²) in [4.78, 5) is 13.1. The average molecular weight is 692 g/mol. The molecule has 1 aliphatic heterocycles. The smallest absolute Gasteiger partial charge is 0.324 e. The third kappa shape index (κ3) is 7.90. The Morgan fingerprint density at radius 2 is 1.50 bits per heavy atom. The molecule has 0 aromatic heterocycles. The molecule has 3 aromatic carbocycles. The summed E-state index contributed by atoms with van der Waals surface area (Å²) in [5.74, 6) is 0.268. The number of sulfonamides is 1. The molecule has 3 aromatic rings. The normalized spacial score (nSPS) is 20.9. The molecule has 260 valence electrons. The Bertz CT molecular complexity index is 1610. The summed E-state index contributed by atoms with van der Waals surface area (Å²) in [6.07, 6.45) is 4.54. The van der Waals surface area contributed by atoms with Crippen LogP contribution in [0.2, 0.25) is 5.04 Å². The summed E-state index contributed by atoms with van der Waals surface area (Å²) in [5.41, 5.74) is 0.221. The van der Waals surface area contributed by atoms with Crippen LogP contribution in [-0.2, 0) is 24.0 Å². The molecule has 0 amide bonds. The third-order valence-electron chi connectivity index (χ3n) is 9.62. The van der Waals surface area contributed by atoms with Gasteiger partial charge in [-0.1, -0.05) is 87.5 Å². The van der Waals surface area contributed by atoms with Crippen molar-refractivity contribution in [3.05, 3.63) is 84.4 Å². The topological polar surface area (TPSA) is 82.1 Å². The van der Waals surface area contributed by atoms with Crippen LogP contribution < -0.4 is 15.1 Å². The summed E-state index contributed by atoms with van der Waals surface area (Å²) in [6, 6.07) is 25.8. The van der Waals surface area contributed by atoms with Gasteiger partial charge in [-0.05, 0) is 105 Å². The molecular formula is C39H53NO6SSi. The number of esters is 1. The molecule has 1 saturated carbocycles. The Kier molecular flexibility index (Phi) is 10.9. The minimum Gasteiger partial charge on any atom is -0.489 e. The zero-order chi connectivity index (χ0) is 34.7. The van der Waals surface area contributed by atoms with E-state index in [1.54, 1.807) is 32.9 Å². The molecule has 2 aliphatic rings. The molecule has 1 heterocycles. The van der Waals surface area contributed by atoms with E-state index < -0.39 is 36.0 Å². The first-order valence-electron chi connectivity index (χ1n) is 17.4. The molecule has 1 aliphatic carbocycles. The van der Waals surface area contributed by atoms with Gasteiger partial charge in [-0.15, -0.1) is 0 Å². The standard InChI is InChI=1S/C39H53NO6SSi/c1-29-20-23-36(47(42,43)40-25-14-19-34(40)37(41)46-38(2,3)4)35(27-29)45-31-22-21-30(28-31)24-26-44-48(39(5,6)7,32-15-10-8-11-16-32)33-17-12-9-13-18-33/h8-13,15-18,20,23,27,30-31,34H,14,19,21-22,24-26,28H2,1-7H3/t30-,31-,34-/m0/s1. The van der Waals surface area contributed by atoms with Gasteiger partial charge in [0.1, 0.15) is 22.3 Å². The first-order chi connectivity index (χ1) is 22.6. The number of benzene rings is 3. The molecule has 0 spiro atoms. The number of ether oxygens (including phenoxy) is 2. The lowest BCUT2D eigenvalue weighted by molar-refractivity contribution is -0.158. The molecular weight excluding hydrogens is 639 g/mol. The monoisotopic (exact) mass is 691 g/mol. The van der Waals surface area contributed by atoms with E-state index in [2.05, 4.69) is 81.4 Å². The fourth-order valence-corrected chi connectivity index (χ4v) is 13.7. The van der Waals surface area contributed by atoms with Gasteiger partial charge in [-0.2, -0.15) is 4.31 Å². The Labute approximate surface area is 289 Å². The van der Waals surface area contributed by atoms with Crippen molar-refractivity contribution in [2.45, 2.75) is 115 Å². The van der Waals surface area contributed by atoms with E-state index in [4.69, 9.17) is 13.9 Å². The Morgan fingerprint density at radius 1 is 0.875 bits per heavy atom. The number of hydrogen-bond donors (Lipinski definition) is 0. The highest BCUT2D eigenvalue weighted by Crippen LogP contribution is 2.39. The fraction of sp³-hybridized carbons (Fsp3) is 0.513. The summed E-state index contributed by atoms with van der Waals surface area (Å²) in [7, 11) is -6.61. The van der Waals surface area contributed by atoms with E-state index in [-0.39, 0.29) is 22.6 Å². The molecule has 2 fully saturated rings. The lowest BCUT2D eigenvalue weighted by Crippen LogP contribution is -2.66. The SMILES string of the molecule is Cc1ccc(S(=O)(=O)N2CCC[C@H]2C(=O)OC(C)(C)C)c(O[C@H]2CC[C@@H](CCO[Si](c3ccccc3)(c3ccccc3)C(C)(C)C)C2)c1. The van der Waals surface area contributed by atoms with E-state index in [1.807, 2.05) is 13.0 Å². The summed E-state index contributed by atoms with van der Waals surface area (Å²) >= 11 is 0. The van der Waals surface area contributed by atoms with Crippen molar-refractivity contribution in [2.24, 2.45) is 5.92 Å². The van der Waals surface area contributed by atoms with Gasteiger partial charge in [-0.3, -0.25) is 4.79 Å². The van der Waals surface area contributed by atoms with Gasteiger partial charge in [0.15, 0.2) is 0 Å². The van der Waals surface area contributed by atoms with Gasteiger partial charge in [0.2, 0.25) is 10.0 Å². The van der Waals surface area contributed by atoms with Crippen LogP contribution in [0.15, 0.2) is 83.8 Å². The van der Waals surface area contributed by atoms with Crippen molar-refractivity contribution in [2.75, 3.05) is 13.2 Å². The molecule has 9 heteroatoms. The second kappa shape index (κ2) is 14.5. The highest BCUT2D eigenvalue weighted by atomic mass is 32.2. The molecule has 0 unspecified atom stereocenters. The molecule has 3 atom stereocenters. The maximum atomic E-state index is 14.1. The zero-order valence-corrected chi connectivity index (χ0v) is 31.5. The lowest BCUT2D eigenvalue weighted by Gasteiger charge is -2.43. The van der Waals surface area contributed by atoms with Crippen molar-refractivity contribution in [1.82, 2.24) is 4.31 Å². The van der Waals surface area contributed by atoms with Crippen molar-refractivity contribution in [1.29, 1.82) is 0 Å². The van der Waals surface area contributed by atoms with Crippen LogP contribution in [0.4, 0.5) is 0 Å². The maximum absolute atomic E-state index is 14.1. The number of carbonyl (C=O) groups excluding carboxylic acids is 1. The highest BCUT2D eigenvalue weighted by molar-refractivity contribution is 7.89. The molecule has 0 N–H and O–H groups in total. The van der Waals surface area contributed by atoms with Crippen LogP contribution in [0.3, 0.4) is 0 Å². The van der Waals surface area contributed by atoms with E-state index in [1.165, 1.54) is 14.7 Å². The van der Waals surface area contributed by atoms with Crippen LogP contribution >= 0.6 is 0 Å². The van der Waals surface area contributed by atoms with E-state index in [9.17, 15) is 13.2 Å². The van der Waals surface area contributed by atoms with Crippen molar-refractivity contribution in [3.8, 4) is 5.75 Å². The van der Waals surface area contributed by atoms with E-state index >= 15 is 0 Å². The van der Waals surface area contributed by atoms with Gasteiger partial charge >= 0.3 is 5.97 Å². The average Bonchev–Trinajstić information content (AvgIpc) is 3.69. The minimum absolute atomic E-state index is 0.0814. The Hall–Kier alpha value is -2.98. The minimum atomic E-state index is -4.00. The van der Waals surface area contributed by atoms with E-state index in [0.717, 1.165) is 31.2 Å². The Balaban J connectivity index is 1.29. The second-order valence-electron chi connectivity index (χ2n) is 15.5. The van der Waals surface area contributed by atoms with Crippen LogP contribution in [0.25, 0.3) is 0 Å². The molecule has 0 bridgehead atoms. The lowest BCUT2D eigenvalue weighted by atomic mass is 10.1. The van der Waals surface area contributed by atoms with Crippen molar-refractivity contribution < 1.29 is 27.1 Å². The predicted octanol–water partition coefficient (Wildman–Crippen LogP) is 7.00. The molecule has 48 heavy (non-hydrogen) atoms.